The fourth-order valence-electron chi connectivity index (χ4n) is 1.50. The van der Waals surface area contributed by atoms with Gasteiger partial charge in [-0.2, -0.15) is 0 Å². The maximum atomic E-state index is 3.51. The number of H-pyrrole nitrogens is 1. The molecule has 1 nitrogen and oxygen atoms in total. The summed E-state index contributed by atoms with van der Waals surface area (Å²) in [5, 5.41) is 1.33. The first kappa shape index (κ1) is 9.52. The van der Waals surface area contributed by atoms with Crippen LogP contribution in [0.4, 0.5) is 0 Å². The molecule has 2 rings (SSSR count). The SMILES string of the molecule is CCc1c[nH]c2c(I)cc(Br)cc12. The molecule has 0 aliphatic rings. The van der Waals surface area contributed by atoms with Crippen LogP contribution < -0.4 is 0 Å². The number of benzene rings is 1. The third-order valence-corrected chi connectivity index (χ3v) is 3.48. The largest absolute Gasteiger partial charge is 0.360 e. The van der Waals surface area contributed by atoms with Crippen LogP contribution in [-0.4, -0.2) is 4.98 Å². The first-order valence-corrected chi connectivity index (χ1v) is 6.04. The van der Waals surface area contributed by atoms with Crippen LogP contribution in [0.3, 0.4) is 0 Å². The lowest BCUT2D eigenvalue weighted by atomic mass is 10.1. The Morgan fingerprint density at radius 3 is 2.92 bits per heavy atom. The Labute approximate surface area is 99.2 Å². The van der Waals surface area contributed by atoms with Crippen molar-refractivity contribution in [2.75, 3.05) is 0 Å². The molecule has 0 aliphatic carbocycles. The fourth-order valence-corrected chi connectivity index (χ4v) is 3.17. The summed E-state index contributed by atoms with van der Waals surface area (Å²) in [6.45, 7) is 2.18. The number of hydrogen-bond acceptors (Lipinski definition) is 0. The second kappa shape index (κ2) is 3.61. The molecule has 0 saturated carbocycles. The van der Waals surface area contributed by atoms with Gasteiger partial charge in [0.05, 0.1) is 5.52 Å². The first-order valence-electron chi connectivity index (χ1n) is 4.17. The normalized spacial score (nSPS) is 11.0. The maximum absolute atomic E-state index is 3.51. The molecule has 0 bridgehead atoms. The average Bonchev–Trinajstić information content (AvgIpc) is 2.47. The molecule has 0 fully saturated rings. The van der Waals surface area contributed by atoms with Crippen molar-refractivity contribution in [1.29, 1.82) is 0 Å². The maximum Gasteiger partial charge on any atom is 0.0593 e. The van der Waals surface area contributed by atoms with Gasteiger partial charge in [-0.05, 0) is 46.7 Å². The summed E-state index contributed by atoms with van der Waals surface area (Å²) >= 11 is 5.86. The highest BCUT2D eigenvalue weighted by molar-refractivity contribution is 14.1. The average molecular weight is 350 g/mol. The van der Waals surface area contributed by atoms with Crippen molar-refractivity contribution >= 4 is 49.4 Å². The van der Waals surface area contributed by atoms with Gasteiger partial charge < -0.3 is 4.98 Å². The molecular formula is C10H9BrIN. The van der Waals surface area contributed by atoms with Gasteiger partial charge in [0.2, 0.25) is 0 Å². The summed E-state index contributed by atoms with van der Waals surface area (Å²) < 4.78 is 2.42. The molecule has 0 spiro atoms. The zero-order valence-corrected chi connectivity index (χ0v) is 10.9. The van der Waals surface area contributed by atoms with Gasteiger partial charge >= 0.3 is 0 Å². The van der Waals surface area contributed by atoms with Crippen LogP contribution in [0.2, 0.25) is 0 Å². The van der Waals surface area contributed by atoms with E-state index < -0.39 is 0 Å². The Bertz CT molecular complexity index is 447. The van der Waals surface area contributed by atoms with E-state index in [0.29, 0.717) is 0 Å². The summed E-state index contributed by atoms with van der Waals surface area (Å²) in [6, 6.07) is 4.30. The molecule has 0 unspecified atom stereocenters. The van der Waals surface area contributed by atoms with Crippen molar-refractivity contribution in [1.82, 2.24) is 4.98 Å². The lowest BCUT2D eigenvalue weighted by Gasteiger charge is -1.98. The standard InChI is InChI=1S/C10H9BrIN/c1-2-6-5-13-10-8(6)3-7(11)4-9(10)12/h3-5,13H,2H2,1H3. The van der Waals surface area contributed by atoms with Gasteiger partial charge in [0.25, 0.3) is 0 Å². The number of nitrogens with one attached hydrogen (secondary N) is 1. The van der Waals surface area contributed by atoms with Crippen molar-refractivity contribution < 1.29 is 0 Å². The highest BCUT2D eigenvalue weighted by Gasteiger charge is 2.05. The summed E-state index contributed by atoms with van der Waals surface area (Å²) in [4.78, 5) is 3.31. The van der Waals surface area contributed by atoms with Crippen LogP contribution in [0.25, 0.3) is 10.9 Å². The van der Waals surface area contributed by atoms with E-state index in [1.807, 2.05) is 0 Å². The summed E-state index contributed by atoms with van der Waals surface area (Å²) in [5.74, 6) is 0. The molecular weight excluding hydrogens is 341 g/mol. The Hall–Kier alpha value is -0.0300. The highest BCUT2D eigenvalue weighted by Crippen LogP contribution is 2.27. The molecule has 1 aromatic carbocycles. The molecule has 13 heavy (non-hydrogen) atoms. The van der Waals surface area contributed by atoms with Crippen LogP contribution in [0.5, 0.6) is 0 Å². The van der Waals surface area contributed by atoms with Gasteiger partial charge in [-0.25, -0.2) is 0 Å². The second-order valence-corrected chi connectivity index (χ2v) is 5.06. The van der Waals surface area contributed by atoms with Crippen LogP contribution in [0.15, 0.2) is 22.8 Å². The quantitative estimate of drug-likeness (QED) is 0.746. The zero-order valence-electron chi connectivity index (χ0n) is 7.20. The van der Waals surface area contributed by atoms with E-state index in [-0.39, 0.29) is 0 Å². The number of rotatable bonds is 1. The monoisotopic (exact) mass is 349 g/mol. The predicted molar refractivity (Wildman–Crippen MR) is 68.1 cm³/mol. The minimum Gasteiger partial charge on any atom is -0.360 e. The molecule has 68 valence electrons. The lowest BCUT2D eigenvalue weighted by molar-refractivity contribution is 1.15. The lowest BCUT2D eigenvalue weighted by Crippen LogP contribution is -1.78. The van der Waals surface area contributed by atoms with E-state index in [1.165, 1.54) is 20.0 Å². The zero-order chi connectivity index (χ0) is 9.42. The van der Waals surface area contributed by atoms with Crippen LogP contribution in [-0.2, 0) is 6.42 Å². The van der Waals surface area contributed by atoms with Gasteiger partial charge in [0.1, 0.15) is 0 Å². The van der Waals surface area contributed by atoms with Crippen molar-refractivity contribution in [2.24, 2.45) is 0 Å². The first-order chi connectivity index (χ1) is 6.22. The third-order valence-electron chi connectivity index (χ3n) is 2.17. The van der Waals surface area contributed by atoms with Crippen molar-refractivity contribution in [3.8, 4) is 0 Å². The smallest absolute Gasteiger partial charge is 0.0593 e. The van der Waals surface area contributed by atoms with E-state index in [0.717, 1.165) is 10.9 Å². The molecule has 1 aromatic heterocycles. The van der Waals surface area contributed by atoms with E-state index in [9.17, 15) is 0 Å². The minimum atomic E-state index is 1.08. The Balaban J connectivity index is 2.82. The number of aromatic nitrogens is 1. The molecule has 1 heterocycles. The highest BCUT2D eigenvalue weighted by atomic mass is 127. The molecule has 1 N–H and O–H groups in total. The topological polar surface area (TPSA) is 15.8 Å². The van der Waals surface area contributed by atoms with Crippen LogP contribution in [0.1, 0.15) is 12.5 Å². The van der Waals surface area contributed by atoms with E-state index in [2.05, 4.69) is 68.8 Å². The van der Waals surface area contributed by atoms with Gasteiger partial charge in [0, 0.05) is 19.6 Å². The van der Waals surface area contributed by atoms with Crippen molar-refractivity contribution in [3.63, 3.8) is 0 Å². The molecule has 0 aliphatic heterocycles. The fraction of sp³-hybridized carbons (Fsp3) is 0.200. The van der Waals surface area contributed by atoms with Gasteiger partial charge in [-0.3, -0.25) is 0 Å². The van der Waals surface area contributed by atoms with Gasteiger partial charge in [0.15, 0.2) is 0 Å². The van der Waals surface area contributed by atoms with Crippen LogP contribution in [0, 0.1) is 3.57 Å². The molecule has 2 aromatic rings. The number of aryl methyl sites for hydroxylation is 1. The number of halogens is 2. The summed E-state index contributed by atoms with van der Waals surface area (Å²) in [7, 11) is 0. The summed E-state index contributed by atoms with van der Waals surface area (Å²) in [5.41, 5.74) is 2.63. The number of hydrogen-bond donors (Lipinski definition) is 1. The number of fused-ring (bicyclic) bond motifs is 1. The third kappa shape index (κ3) is 1.64. The predicted octanol–water partition coefficient (Wildman–Crippen LogP) is 4.10. The molecule has 0 amide bonds. The summed E-state index contributed by atoms with van der Waals surface area (Å²) in [6.07, 6.45) is 3.17. The Kier molecular flexibility index (Phi) is 2.65. The molecule has 3 heteroatoms. The number of aromatic amines is 1. The van der Waals surface area contributed by atoms with Crippen molar-refractivity contribution in [3.05, 3.63) is 31.9 Å². The molecule has 0 saturated heterocycles. The van der Waals surface area contributed by atoms with E-state index in [4.69, 9.17) is 0 Å². The van der Waals surface area contributed by atoms with Gasteiger partial charge in [-0.1, -0.05) is 22.9 Å². The second-order valence-electron chi connectivity index (χ2n) is 2.98. The van der Waals surface area contributed by atoms with Crippen molar-refractivity contribution in [2.45, 2.75) is 13.3 Å². The molecule has 0 radical (unpaired) electrons. The van der Waals surface area contributed by atoms with E-state index in [1.54, 1.807) is 0 Å². The van der Waals surface area contributed by atoms with E-state index >= 15 is 0 Å². The van der Waals surface area contributed by atoms with Gasteiger partial charge in [-0.15, -0.1) is 0 Å². The minimum absolute atomic E-state index is 1.08. The van der Waals surface area contributed by atoms with Crippen LogP contribution >= 0.6 is 38.5 Å². The Morgan fingerprint density at radius 2 is 2.23 bits per heavy atom. The molecule has 0 atom stereocenters. The Morgan fingerprint density at radius 1 is 1.46 bits per heavy atom.